The molecule has 0 heterocycles. The Hall–Kier alpha value is 0.920. The first-order chi connectivity index (χ1) is 15.3. The van der Waals surface area contributed by atoms with Crippen LogP contribution in [0.2, 0.25) is 0 Å². The summed E-state index contributed by atoms with van der Waals surface area (Å²) in [6.07, 6.45) is 9.94. The van der Waals surface area contributed by atoms with Crippen LogP contribution in [0.15, 0.2) is 42.2 Å². The number of alkyl halides is 2. The zero-order chi connectivity index (χ0) is 23.5. The summed E-state index contributed by atoms with van der Waals surface area (Å²) in [5.74, 6) is 1.78. The lowest BCUT2D eigenvalue weighted by Gasteiger charge is -2.16. The second kappa shape index (κ2) is 15.8. The molecule has 0 saturated heterocycles. The van der Waals surface area contributed by atoms with Crippen molar-refractivity contribution in [2.45, 2.75) is 62.0 Å². The largest absolute Gasteiger partial charge is 0.490 e. The average Bonchev–Trinajstić information content (AvgIpc) is 2.78. The summed E-state index contributed by atoms with van der Waals surface area (Å²) in [4.78, 5) is 0. The van der Waals surface area contributed by atoms with Crippen LogP contribution < -0.4 is 9.47 Å². The van der Waals surface area contributed by atoms with Gasteiger partial charge in [0.05, 0.1) is 12.7 Å². The molecule has 0 unspecified atom stereocenters. The molecule has 0 aliphatic rings. The molecule has 0 aliphatic heterocycles. The molecule has 2 nitrogen and oxygen atoms in total. The molecule has 178 valence electrons. The van der Waals surface area contributed by atoms with E-state index in [0.29, 0.717) is 17.0 Å². The Bertz CT molecular complexity index is 828. The molecule has 0 saturated carbocycles. The van der Waals surface area contributed by atoms with Gasteiger partial charge in [-0.15, -0.1) is 0 Å². The van der Waals surface area contributed by atoms with E-state index in [1.54, 1.807) is 0 Å². The number of hydrogen-bond donors (Lipinski definition) is 0. The Morgan fingerprint density at radius 1 is 0.719 bits per heavy atom. The van der Waals surface area contributed by atoms with Crippen LogP contribution in [0.3, 0.4) is 0 Å². The van der Waals surface area contributed by atoms with Crippen molar-refractivity contribution < 1.29 is 9.47 Å². The maximum Gasteiger partial charge on any atom is 0.138 e. The molecule has 0 spiro atoms. The Morgan fingerprint density at radius 2 is 1.31 bits per heavy atom. The van der Waals surface area contributed by atoms with E-state index in [1.807, 2.05) is 13.0 Å². The second-order valence-electron chi connectivity index (χ2n) is 7.57. The highest BCUT2D eigenvalue weighted by molar-refractivity contribution is 9.24. The van der Waals surface area contributed by atoms with E-state index in [4.69, 9.17) is 9.47 Å². The van der Waals surface area contributed by atoms with Gasteiger partial charge in [0, 0.05) is 14.5 Å². The number of rotatable bonds is 14. The highest BCUT2D eigenvalue weighted by Crippen LogP contribution is 2.45. The van der Waals surface area contributed by atoms with Gasteiger partial charge in [0.2, 0.25) is 0 Å². The summed E-state index contributed by atoms with van der Waals surface area (Å²) in [5, 5.41) is 0. The normalized spacial score (nSPS) is 11.2. The lowest BCUT2D eigenvalue weighted by atomic mass is 10.0. The van der Waals surface area contributed by atoms with Crippen molar-refractivity contribution in [2.24, 2.45) is 0 Å². The Labute approximate surface area is 242 Å². The molecule has 0 N–H and O–H groups in total. The van der Waals surface area contributed by atoms with E-state index >= 15 is 0 Å². The molecule has 2 rings (SSSR count). The third-order valence-corrected chi connectivity index (χ3v) is 11.0. The maximum absolute atomic E-state index is 6.07. The van der Waals surface area contributed by atoms with E-state index < -0.39 is 0 Å². The number of ether oxygens (including phenoxy) is 2. The van der Waals surface area contributed by atoms with Gasteiger partial charge in [-0.1, -0.05) is 82.2 Å². The van der Waals surface area contributed by atoms with Crippen LogP contribution >= 0.6 is 95.6 Å². The van der Waals surface area contributed by atoms with Gasteiger partial charge in [-0.25, -0.2) is 0 Å². The summed E-state index contributed by atoms with van der Waals surface area (Å²) in [6.45, 7) is 2.99. The van der Waals surface area contributed by atoms with Gasteiger partial charge < -0.3 is 9.47 Å². The van der Waals surface area contributed by atoms with Crippen LogP contribution in [0.4, 0.5) is 0 Å². The third kappa shape index (κ3) is 9.52. The van der Waals surface area contributed by atoms with Gasteiger partial charge in [-0.3, -0.25) is 0 Å². The van der Waals surface area contributed by atoms with Crippen molar-refractivity contribution >= 4 is 95.6 Å². The van der Waals surface area contributed by atoms with Gasteiger partial charge in [0.25, 0.3) is 0 Å². The average molecular weight is 828 g/mol. The fourth-order valence-corrected chi connectivity index (χ4v) is 6.40. The first kappa shape index (κ1) is 29.2. The molecule has 2 aromatic rings. The minimum atomic E-state index is 0.459. The summed E-state index contributed by atoms with van der Waals surface area (Å²) < 4.78 is 16.3. The quantitative estimate of drug-likeness (QED) is 0.0818. The molecular weight excluding hydrogens is 800 g/mol. The third-order valence-electron chi connectivity index (χ3n) is 5.13. The van der Waals surface area contributed by atoms with Gasteiger partial charge in [-0.2, -0.15) is 0 Å². The van der Waals surface area contributed by atoms with Gasteiger partial charge >= 0.3 is 0 Å². The summed E-state index contributed by atoms with van der Waals surface area (Å²) in [5.41, 5.74) is 2.31. The minimum absolute atomic E-state index is 0.459. The van der Waals surface area contributed by atoms with E-state index in [9.17, 15) is 0 Å². The molecule has 0 aliphatic carbocycles. The number of halogens is 6. The maximum atomic E-state index is 6.07. The van der Waals surface area contributed by atoms with E-state index in [0.717, 1.165) is 41.4 Å². The van der Waals surface area contributed by atoms with Crippen molar-refractivity contribution in [2.75, 3.05) is 13.2 Å². The lowest BCUT2D eigenvalue weighted by Crippen LogP contribution is -2.11. The molecule has 2 aromatic carbocycles. The van der Waals surface area contributed by atoms with Crippen LogP contribution in [0.5, 0.6) is 11.5 Å². The number of aryl methyl sites for hydroxylation is 1. The first-order valence-corrected chi connectivity index (χ1v) is 15.8. The molecule has 0 radical (unpaired) electrons. The summed E-state index contributed by atoms with van der Waals surface area (Å²) in [7, 11) is 0. The van der Waals surface area contributed by atoms with Gasteiger partial charge in [-0.05, 0) is 102 Å². The van der Waals surface area contributed by atoms with E-state index in [-0.39, 0.29) is 0 Å². The van der Waals surface area contributed by atoms with Crippen LogP contribution in [-0.4, -0.2) is 17.0 Å². The summed E-state index contributed by atoms with van der Waals surface area (Å²) in [6, 6.07) is 8.35. The van der Waals surface area contributed by atoms with Crippen LogP contribution in [-0.2, 0) is 6.42 Å². The highest BCUT2D eigenvalue weighted by atomic mass is 79.9. The first-order valence-electron chi connectivity index (χ1n) is 10.8. The lowest BCUT2D eigenvalue weighted by molar-refractivity contribution is 0.214. The topological polar surface area (TPSA) is 18.5 Å². The predicted octanol–water partition coefficient (Wildman–Crippen LogP) is 10.9. The van der Waals surface area contributed by atoms with Crippen molar-refractivity contribution in [1.82, 2.24) is 0 Å². The standard InChI is InChI=1S/C24H28Br6O2/c1-16-20(27)21(28)22(29)23(30)24(16)32-15-14-31-18-12-9-8-11-17(18)10-6-4-2-3-5-7-13-19(25)26/h8-9,11-12,19H,2-7,10,13-15H2,1H3. The number of para-hydroxylation sites is 1. The van der Waals surface area contributed by atoms with Crippen molar-refractivity contribution in [3.8, 4) is 11.5 Å². The molecule has 0 amide bonds. The molecule has 32 heavy (non-hydrogen) atoms. The van der Waals surface area contributed by atoms with E-state index in [2.05, 4.69) is 114 Å². The van der Waals surface area contributed by atoms with Crippen molar-refractivity contribution in [3.05, 3.63) is 53.3 Å². The smallest absolute Gasteiger partial charge is 0.138 e. The van der Waals surface area contributed by atoms with Crippen LogP contribution in [0.25, 0.3) is 0 Å². The predicted molar refractivity (Wildman–Crippen MR) is 157 cm³/mol. The zero-order valence-corrected chi connectivity index (χ0v) is 27.6. The number of unbranched alkanes of at least 4 members (excludes halogenated alkanes) is 5. The van der Waals surface area contributed by atoms with Crippen molar-refractivity contribution in [1.29, 1.82) is 0 Å². The Morgan fingerprint density at radius 3 is 2.03 bits per heavy atom. The molecule has 0 bridgehead atoms. The van der Waals surface area contributed by atoms with Crippen LogP contribution in [0, 0.1) is 6.92 Å². The molecule has 0 atom stereocenters. The number of hydrogen-bond acceptors (Lipinski definition) is 2. The number of benzene rings is 2. The van der Waals surface area contributed by atoms with Crippen LogP contribution in [0.1, 0.15) is 56.1 Å². The zero-order valence-electron chi connectivity index (χ0n) is 18.0. The Kier molecular flexibility index (Phi) is 14.4. The SMILES string of the molecule is Cc1c(Br)c(Br)c(Br)c(Br)c1OCCOc1ccccc1CCCCCCCCC(Br)Br. The monoisotopic (exact) mass is 822 g/mol. The van der Waals surface area contributed by atoms with Gasteiger partial charge in [0.15, 0.2) is 0 Å². The fourth-order valence-electron chi connectivity index (χ4n) is 3.36. The Balaban J connectivity index is 1.76. The molecule has 0 aromatic heterocycles. The minimum Gasteiger partial charge on any atom is -0.490 e. The highest BCUT2D eigenvalue weighted by Gasteiger charge is 2.17. The molecule has 8 heteroatoms. The van der Waals surface area contributed by atoms with Gasteiger partial charge in [0.1, 0.15) is 24.7 Å². The molecular formula is C24H28Br6O2. The van der Waals surface area contributed by atoms with E-state index in [1.165, 1.54) is 50.5 Å². The molecule has 0 fully saturated rings. The second-order valence-corrected chi connectivity index (χ2v) is 14.2. The van der Waals surface area contributed by atoms with Crippen molar-refractivity contribution in [3.63, 3.8) is 0 Å². The fraction of sp³-hybridized carbons (Fsp3) is 0.500. The summed E-state index contributed by atoms with van der Waals surface area (Å²) >= 11 is 21.5.